The molecule has 2 atom stereocenters. The van der Waals surface area contributed by atoms with Crippen molar-refractivity contribution >= 4 is 11.8 Å². The van der Waals surface area contributed by atoms with Gasteiger partial charge < -0.3 is 16.4 Å². The highest BCUT2D eigenvalue weighted by molar-refractivity contribution is 5.87. The minimum Gasteiger partial charge on any atom is -0.347 e. The molecule has 2 rings (SSSR count). The van der Waals surface area contributed by atoms with Crippen LogP contribution in [-0.4, -0.2) is 24.4 Å². The van der Waals surface area contributed by atoms with Gasteiger partial charge in [-0.15, -0.1) is 0 Å². The number of benzene rings is 1. The van der Waals surface area contributed by atoms with Gasteiger partial charge in [-0.1, -0.05) is 38.1 Å². The van der Waals surface area contributed by atoms with E-state index in [9.17, 15) is 9.59 Å². The third kappa shape index (κ3) is 4.79. The normalized spacial score (nSPS) is 16.7. The van der Waals surface area contributed by atoms with Gasteiger partial charge in [0.25, 0.3) is 0 Å². The van der Waals surface area contributed by atoms with Gasteiger partial charge in [-0.3, -0.25) is 9.59 Å². The first kappa shape index (κ1) is 17.5. The molecule has 1 aromatic carbocycles. The molecule has 2 amide bonds. The summed E-state index contributed by atoms with van der Waals surface area (Å²) in [4.78, 5) is 24.0. The van der Waals surface area contributed by atoms with Crippen molar-refractivity contribution in [2.75, 3.05) is 6.54 Å². The number of carbonyl (C=O) groups is 2. The van der Waals surface area contributed by atoms with Crippen LogP contribution in [0, 0.1) is 18.8 Å². The quantitative estimate of drug-likeness (QED) is 0.715. The zero-order chi connectivity index (χ0) is 17.0. The number of hydrogen-bond donors (Lipinski definition) is 3. The Balaban J connectivity index is 1.92. The van der Waals surface area contributed by atoms with Gasteiger partial charge in [0, 0.05) is 0 Å². The fourth-order valence-electron chi connectivity index (χ4n) is 2.63. The highest BCUT2D eigenvalue weighted by Gasteiger charge is 2.34. The summed E-state index contributed by atoms with van der Waals surface area (Å²) in [6.07, 6.45) is 2.26. The molecule has 23 heavy (non-hydrogen) atoms. The highest BCUT2D eigenvalue weighted by Crippen LogP contribution is 2.41. The van der Waals surface area contributed by atoms with Crippen LogP contribution in [0.5, 0.6) is 0 Å². The maximum absolute atomic E-state index is 12.2. The Bertz CT molecular complexity index is 567. The molecule has 0 bridgehead atoms. The van der Waals surface area contributed by atoms with E-state index in [1.54, 1.807) is 0 Å². The lowest BCUT2D eigenvalue weighted by Crippen LogP contribution is -2.47. The third-order valence-electron chi connectivity index (χ3n) is 4.38. The molecule has 0 aliphatic heterocycles. The van der Waals surface area contributed by atoms with E-state index in [1.807, 2.05) is 26.0 Å². The number of rotatable bonds is 7. The van der Waals surface area contributed by atoms with Crippen LogP contribution in [0.3, 0.4) is 0 Å². The molecule has 126 valence electrons. The highest BCUT2D eigenvalue weighted by atomic mass is 16.2. The standard InChI is InChI=1S/C18H27N3O2/c1-11(2)16(19)18(23)20-10-15(22)21-17(13-8-9-13)14-7-5-4-6-12(14)3/h4-7,11,13,16-17H,8-10,19H2,1-3H3,(H,20,23)(H,21,22)/t16-,17?/m0/s1. The largest absolute Gasteiger partial charge is 0.347 e. The second kappa shape index (κ2) is 7.59. The van der Waals surface area contributed by atoms with Crippen molar-refractivity contribution in [2.45, 2.75) is 45.7 Å². The molecular formula is C18H27N3O2. The zero-order valence-electron chi connectivity index (χ0n) is 14.1. The molecule has 0 aromatic heterocycles. The van der Waals surface area contributed by atoms with Gasteiger partial charge in [0.2, 0.25) is 11.8 Å². The van der Waals surface area contributed by atoms with Crippen molar-refractivity contribution in [1.29, 1.82) is 0 Å². The maximum Gasteiger partial charge on any atom is 0.239 e. The first-order valence-electron chi connectivity index (χ1n) is 8.28. The van der Waals surface area contributed by atoms with Crippen molar-refractivity contribution < 1.29 is 9.59 Å². The van der Waals surface area contributed by atoms with Crippen LogP contribution >= 0.6 is 0 Å². The first-order valence-corrected chi connectivity index (χ1v) is 8.28. The Morgan fingerprint density at radius 1 is 1.26 bits per heavy atom. The SMILES string of the molecule is Cc1ccccc1C(NC(=O)CNC(=O)[C@@H](N)C(C)C)C1CC1. The van der Waals surface area contributed by atoms with Gasteiger partial charge in [-0.25, -0.2) is 0 Å². The van der Waals surface area contributed by atoms with Crippen LogP contribution < -0.4 is 16.4 Å². The summed E-state index contributed by atoms with van der Waals surface area (Å²) in [6.45, 7) is 5.78. The molecule has 4 N–H and O–H groups in total. The van der Waals surface area contributed by atoms with Gasteiger partial charge in [0.15, 0.2) is 0 Å². The van der Waals surface area contributed by atoms with Crippen molar-refractivity contribution in [3.8, 4) is 0 Å². The van der Waals surface area contributed by atoms with Crippen molar-refractivity contribution in [3.63, 3.8) is 0 Å². The van der Waals surface area contributed by atoms with Gasteiger partial charge >= 0.3 is 0 Å². The summed E-state index contributed by atoms with van der Waals surface area (Å²) in [6, 6.07) is 7.55. The van der Waals surface area contributed by atoms with Gasteiger partial charge in [0.1, 0.15) is 0 Å². The summed E-state index contributed by atoms with van der Waals surface area (Å²) in [5, 5.41) is 5.68. The second-order valence-electron chi connectivity index (χ2n) is 6.73. The Kier molecular flexibility index (Phi) is 5.77. The number of nitrogens with two attached hydrogens (primary N) is 1. The number of nitrogens with one attached hydrogen (secondary N) is 2. The van der Waals surface area contributed by atoms with Crippen LogP contribution in [0.25, 0.3) is 0 Å². The number of amides is 2. The average Bonchev–Trinajstić information content (AvgIpc) is 3.35. The molecule has 1 fully saturated rings. The summed E-state index contributed by atoms with van der Waals surface area (Å²) in [5.41, 5.74) is 8.11. The molecule has 1 unspecified atom stereocenters. The molecule has 1 aliphatic carbocycles. The smallest absolute Gasteiger partial charge is 0.239 e. The minimum absolute atomic E-state index is 0.0272. The van der Waals surface area contributed by atoms with Gasteiger partial charge in [-0.2, -0.15) is 0 Å². The minimum atomic E-state index is -0.585. The first-order chi connectivity index (χ1) is 10.9. The predicted octanol–water partition coefficient (Wildman–Crippen LogP) is 1.66. The Labute approximate surface area is 138 Å². The molecule has 0 radical (unpaired) electrons. The van der Waals surface area contributed by atoms with Crippen LogP contribution in [0.2, 0.25) is 0 Å². The summed E-state index contributed by atoms with van der Waals surface area (Å²) >= 11 is 0. The van der Waals surface area contributed by atoms with E-state index in [0.717, 1.165) is 18.4 Å². The van der Waals surface area contributed by atoms with E-state index in [2.05, 4.69) is 29.7 Å². The van der Waals surface area contributed by atoms with E-state index < -0.39 is 6.04 Å². The summed E-state index contributed by atoms with van der Waals surface area (Å²) in [7, 11) is 0. The second-order valence-corrected chi connectivity index (χ2v) is 6.73. The molecule has 5 nitrogen and oxygen atoms in total. The molecule has 0 heterocycles. The van der Waals surface area contributed by atoms with Crippen LogP contribution in [0.4, 0.5) is 0 Å². The van der Waals surface area contributed by atoms with Crippen LogP contribution in [0.15, 0.2) is 24.3 Å². The molecule has 1 aliphatic rings. The molecule has 5 heteroatoms. The zero-order valence-corrected chi connectivity index (χ0v) is 14.1. The maximum atomic E-state index is 12.2. The van der Waals surface area contributed by atoms with E-state index in [0.29, 0.717) is 5.92 Å². The van der Waals surface area contributed by atoms with Crippen molar-refractivity contribution in [3.05, 3.63) is 35.4 Å². The third-order valence-corrected chi connectivity index (χ3v) is 4.38. The lowest BCUT2D eigenvalue weighted by atomic mass is 9.97. The van der Waals surface area contributed by atoms with E-state index >= 15 is 0 Å². The van der Waals surface area contributed by atoms with Gasteiger partial charge in [0.05, 0.1) is 18.6 Å². The molecular weight excluding hydrogens is 290 g/mol. The fourth-order valence-corrected chi connectivity index (χ4v) is 2.63. The molecule has 0 spiro atoms. The van der Waals surface area contributed by atoms with E-state index in [4.69, 9.17) is 5.73 Å². The fraction of sp³-hybridized carbons (Fsp3) is 0.556. The Morgan fingerprint density at radius 3 is 2.48 bits per heavy atom. The monoisotopic (exact) mass is 317 g/mol. The summed E-state index contributed by atoms with van der Waals surface area (Å²) < 4.78 is 0. The van der Waals surface area contributed by atoms with E-state index in [1.165, 1.54) is 5.56 Å². The topological polar surface area (TPSA) is 84.2 Å². The van der Waals surface area contributed by atoms with E-state index in [-0.39, 0.29) is 30.3 Å². The molecule has 1 saturated carbocycles. The summed E-state index contributed by atoms with van der Waals surface area (Å²) in [5.74, 6) is 0.0846. The number of carbonyl (C=O) groups excluding carboxylic acids is 2. The lowest BCUT2D eigenvalue weighted by Gasteiger charge is -2.21. The van der Waals surface area contributed by atoms with Gasteiger partial charge in [-0.05, 0) is 42.7 Å². The van der Waals surface area contributed by atoms with Crippen LogP contribution in [0.1, 0.15) is 43.9 Å². The molecule has 0 saturated heterocycles. The number of aryl methyl sites for hydroxylation is 1. The lowest BCUT2D eigenvalue weighted by molar-refractivity contribution is -0.127. The van der Waals surface area contributed by atoms with Crippen molar-refractivity contribution in [1.82, 2.24) is 10.6 Å². The van der Waals surface area contributed by atoms with Crippen molar-refractivity contribution in [2.24, 2.45) is 17.6 Å². The van der Waals surface area contributed by atoms with Crippen LogP contribution in [-0.2, 0) is 9.59 Å². The predicted molar refractivity (Wildman–Crippen MR) is 90.6 cm³/mol. The Hall–Kier alpha value is -1.88. The molecule has 1 aromatic rings. The average molecular weight is 317 g/mol. The number of hydrogen-bond acceptors (Lipinski definition) is 3. The Morgan fingerprint density at radius 2 is 1.91 bits per heavy atom.